The van der Waals surface area contributed by atoms with Gasteiger partial charge in [0, 0.05) is 37.8 Å². The number of likely N-dealkylation sites (N-methyl/N-ethyl adjacent to an activating group) is 1. The second kappa shape index (κ2) is 12.9. The van der Waals surface area contributed by atoms with Crippen LogP contribution in [0.25, 0.3) is 0 Å². The number of hydrogen-bond donors (Lipinski definition) is 0. The number of thioether (sulfide) groups is 1. The van der Waals surface area contributed by atoms with Gasteiger partial charge in [0.05, 0.1) is 23.3 Å². The number of benzene rings is 2. The number of para-hydroxylation sites is 1. The number of carbonyl (C=O) groups is 1. The molecule has 2 aromatic carbocycles. The predicted octanol–water partition coefficient (Wildman–Crippen LogP) is 5.39. The lowest BCUT2D eigenvalue weighted by molar-refractivity contribution is -0.140. The van der Waals surface area contributed by atoms with E-state index in [0.717, 1.165) is 5.69 Å². The van der Waals surface area contributed by atoms with E-state index in [1.807, 2.05) is 35.2 Å². The molecule has 8 nitrogen and oxygen atoms in total. The minimum Gasteiger partial charge on any atom is -0.461 e. The van der Waals surface area contributed by atoms with Gasteiger partial charge in [-0.15, -0.1) is 11.8 Å². The molecule has 1 aliphatic heterocycles. The summed E-state index contributed by atoms with van der Waals surface area (Å²) < 4.78 is 53.2. The van der Waals surface area contributed by atoms with Crippen LogP contribution < -0.4 is 9.64 Å². The average molecular weight is 548 g/mol. The molecule has 0 aliphatic carbocycles. The maximum Gasteiger partial charge on any atom is 0.370 e. The molecule has 11 heteroatoms. The molecule has 0 radical (unpaired) electrons. The molecule has 1 heterocycles. The largest absolute Gasteiger partial charge is 0.461 e. The van der Waals surface area contributed by atoms with Gasteiger partial charge in [0.15, 0.2) is 0 Å². The summed E-state index contributed by atoms with van der Waals surface area (Å²) in [6.07, 6.45) is 4.81. The molecule has 0 N–H and O–H groups in total. The Morgan fingerprint density at radius 3 is 2.65 bits per heavy atom. The highest BCUT2D eigenvalue weighted by molar-refractivity contribution is 7.98. The standard InChI is InChI=1S/C26H30FN3O5S2/c1-4-34-26(31)21(27)18-35-23-16-25-22(15-24(23)36-3)30(19-11-7-5-8-12-19)17-20(13-9-6-10-14-28)29(2)37(25,32)33/h5,7-8,11-12,15-16,18,20H,4,6,9-10,13,17H2,1-3H3/b21-18-. The average Bonchev–Trinajstić information content (AvgIpc) is 2.98. The molecule has 1 unspecified atom stereocenters. The number of fused-ring (bicyclic) bond motifs is 1. The monoisotopic (exact) mass is 547 g/mol. The smallest absolute Gasteiger partial charge is 0.370 e. The number of carbonyl (C=O) groups excluding carboxylic acids is 1. The predicted molar refractivity (Wildman–Crippen MR) is 141 cm³/mol. The number of anilines is 2. The van der Waals surface area contributed by atoms with Crippen LogP contribution in [0.1, 0.15) is 32.6 Å². The van der Waals surface area contributed by atoms with Crippen LogP contribution in [0, 0.1) is 11.3 Å². The fourth-order valence-electron chi connectivity index (χ4n) is 4.05. The van der Waals surface area contributed by atoms with Gasteiger partial charge in [-0.05, 0) is 44.2 Å². The Kier molecular flexibility index (Phi) is 9.97. The maximum atomic E-state index is 14.1. The Morgan fingerprint density at radius 2 is 2.00 bits per heavy atom. The second-order valence-electron chi connectivity index (χ2n) is 8.30. The van der Waals surface area contributed by atoms with E-state index in [2.05, 4.69) is 10.8 Å². The molecule has 2 aromatic rings. The van der Waals surface area contributed by atoms with Gasteiger partial charge in [-0.25, -0.2) is 13.2 Å². The van der Waals surface area contributed by atoms with Gasteiger partial charge < -0.3 is 14.4 Å². The minimum absolute atomic E-state index is 0.00653. The van der Waals surface area contributed by atoms with Crippen LogP contribution in [-0.4, -0.2) is 51.2 Å². The summed E-state index contributed by atoms with van der Waals surface area (Å²) in [4.78, 5) is 14.2. The van der Waals surface area contributed by atoms with Gasteiger partial charge in [-0.1, -0.05) is 24.6 Å². The van der Waals surface area contributed by atoms with Crippen LogP contribution >= 0.6 is 11.8 Å². The molecule has 198 valence electrons. The summed E-state index contributed by atoms with van der Waals surface area (Å²) in [7, 11) is -2.42. The van der Waals surface area contributed by atoms with Crippen molar-refractivity contribution in [3.05, 3.63) is 54.6 Å². The minimum atomic E-state index is -3.97. The maximum absolute atomic E-state index is 14.1. The molecule has 0 aromatic heterocycles. The van der Waals surface area contributed by atoms with Crippen molar-refractivity contribution in [1.29, 1.82) is 5.26 Å². The zero-order valence-corrected chi connectivity index (χ0v) is 22.6. The van der Waals surface area contributed by atoms with Crippen molar-refractivity contribution in [2.75, 3.05) is 31.4 Å². The summed E-state index contributed by atoms with van der Waals surface area (Å²) in [5.74, 6) is -2.29. The Labute approximate surface area is 221 Å². The van der Waals surface area contributed by atoms with Crippen LogP contribution in [0.4, 0.5) is 15.8 Å². The van der Waals surface area contributed by atoms with E-state index < -0.39 is 21.8 Å². The molecule has 0 saturated carbocycles. The quantitative estimate of drug-likeness (QED) is 0.128. The number of esters is 1. The van der Waals surface area contributed by atoms with Crippen molar-refractivity contribution < 1.29 is 27.1 Å². The lowest BCUT2D eigenvalue weighted by atomic mass is 10.1. The molecule has 0 bridgehead atoms. The van der Waals surface area contributed by atoms with E-state index in [1.165, 1.54) is 22.1 Å². The highest BCUT2D eigenvalue weighted by atomic mass is 32.2. The topological polar surface area (TPSA) is 99.9 Å². The van der Waals surface area contributed by atoms with Crippen molar-refractivity contribution in [2.45, 2.75) is 48.4 Å². The van der Waals surface area contributed by atoms with Crippen LogP contribution in [0.3, 0.4) is 0 Å². The number of nitrogens with zero attached hydrogens (tertiary/aromatic N) is 3. The van der Waals surface area contributed by atoms with Gasteiger partial charge in [0.2, 0.25) is 15.9 Å². The first kappa shape index (κ1) is 28.5. The van der Waals surface area contributed by atoms with Crippen LogP contribution in [0.2, 0.25) is 0 Å². The van der Waals surface area contributed by atoms with E-state index in [-0.39, 0.29) is 23.3 Å². The Bertz CT molecular complexity index is 1280. The van der Waals surface area contributed by atoms with Gasteiger partial charge in [0.1, 0.15) is 16.9 Å². The number of sulfonamides is 1. The fourth-order valence-corrected chi connectivity index (χ4v) is 6.15. The van der Waals surface area contributed by atoms with Gasteiger partial charge in [-0.2, -0.15) is 14.0 Å². The molecule has 3 rings (SSSR count). The number of nitriles is 1. The lowest BCUT2D eigenvalue weighted by Crippen LogP contribution is -2.40. The molecule has 0 amide bonds. The lowest BCUT2D eigenvalue weighted by Gasteiger charge is -2.29. The van der Waals surface area contributed by atoms with Crippen LogP contribution in [0.5, 0.6) is 5.75 Å². The van der Waals surface area contributed by atoms with Crippen molar-refractivity contribution >= 4 is 39.1 Å². The first-order valence-corrected chi connectivity index (χ1v) is 14.5. The van der Waals surface area contributed by atoms with E-state index in [0.29, 0.717) is 49.1 Å². The third-order valence-corrected chi connectivity index (χ3v) is 8.70. The molecule has 37 heavy (non-hydrogen) atoms. The van der Waals surface area contributed by atoms with E-state index in [9.17, 15) is 17.6 Å². The van der Waals surface area contributed by atoms with Crippen LogP contribution in [-0.2, 0) is 19.6 Å². The number of halogens is 1. The van der Waals surface area contributed by atoms with Crippen LogP contribution in [0.15, 0.2) is 64.3 Å². The number of hydrogen-bond acceptors (Lipinski definition) is 8. The fraction of sp³-hybridized carbons (Fsp3) is 0.385. The number of rotatable bonds is 10. The van der Waals surface area contributed by atoms with E-state index >= 15 is 0 Å². The third-order valence-electron chi connectivity index (χ3n) is 6.00. The highest BCUT2D eigenvalue weighted by Crippen LogP contribution is 2.43. The number of unbranched alkanes of at least 4 members (excludes halogenated alkanes) is 2. The zero-order chi connectivity index (χ0) is 27.0. The molecular weight excluding hydrogens is 517 g/mol. The second-order valence-corrected chi connectivity index (χ2v) is 11.1. The summed E-state index contributed by atoms with van der Waals surface area (Å²) in [6.45, 7) is 1.97. The summed E-state index contributed by atoms with van der Waals surface area (Å²) in [6, 6.07) is 14.3. The first-order chi connectivity index (χ1) is 17.7. The van der Waals surface area contributed by atoms with Crippen molar-refractivity contribution in [3.8, 4) is 11.8 Å². The van der Waals surface area contributed by atoms with E-state index in [4.69, 9.17) is 10.00 Å². The van der Waals surface area contributed by atoms with Crippen molar-refractivity contribution in [1.82, 2.24) is 4.31 Å². The Hall–Kier alpha value is -3.07. The summed E-state index contributed by atoms with van der Waals surface area (Å²) in [5, 5.41) is 8.87. The Balaban J connectivity index is 2.11. The summed E-state index contributed by atoms with van der Waals surface area (Å²) in [5.41, 5.74) is 1.30. The molecule has 0 spiro atoms. The third kappa shape index (κ3) is 6.63. The number of ether oxygens (including phenoxy) is 2. The van der Waals surface area contributed by atoms with E-state index in [1.54, 1.807) is 26.3 Å². The zero-order valence-electron chi connectivity index (χ0n) is 21.0. The molecular formula is C26H30FN3O5S2. The van der Waals surface area contributed by atoms with Gasteiger partial charge >= 0.3 is 5.97 Å². The summed E-state index contributed by atoms with van der Waals surface area (Å²) >= 11 is 1.31. The Morgan fingerprint density at radius 1 is 1.27 bits per heavy atom. The SMILES string of the molecule is CCOC(=O)/C(F)=C/Oc1cc2c(cc1SC)N(c1ccccc1)CC(CCCCC#N)N(C)S2(=O)=O. The van der Waals surface area contributed by atoms with Crippen molar-refractivity contribution in [2.24, 2.45) is 0 Å². The molecule has 1 atom stereocenters. The normalized spacial score (nSPS) is 17.4. The highest BCUT2D eigenvalue weighted by Gasteiger charge is 2.37. The van der Waals surface area contributed by atoms with Gasteiger partial charge in [0.25, 0.3) is 0 Å². The molecule has 0 fully saturated rings. The molecule has 0 saturated heterocycles. The van der Waals surface area contributed by atoms with Gasteiger partial charge in [-0.3, -0.25) is 0 Å². The molecule has 1 aliphatic rings. The van der Waals surface area contributed by atoms with Crippen molar-refractivity contribution in [3.63, 3.8) is 0 Å². The first-order valence-electron chi connectivity index (χ1n) is 11.8.